The summed E-state index contributed by atoms with van der Waals surface area (Å²) in [5.41, 5.74) is 1.68. The third-order valence-corrected chi connectivity index (χ3v) is 3.15. The molecule has 0 unspecified atom stereocenters. The molecule has 16 heavy (non-hydrogen) atoms. The largest absolute Gasteiger partial charge is 0.277 e. The summed E-state index contributed by atoms with van der Waals surface area (Å²) in [4.78, 5) is 17.5. The number of halogens is 1. The maximum Gasteiger partial charge on any atom is 0.277 e. The zero-order chi connectivity index (χ0) is 11.5. The first kappa shape index (κ1) is 11.6. The number of nitrogens with zero attached hydrogens (tertiary/aromatic N) is 1. The SMILES string of the molecule is Cc1ccc(Br)cc1C(=O)N1CCCCO1. The first-order valence-corrected chi connectivity index (χ1v) is 6.19. The molecule has 1 aromatic carbocycles. The van der Waals surface area contributed by atoms with E-state index < -0.39 is 0 Å². The summed E-state index contributed by atoms with van der Waals surface area (Å²) in [6.07, 6.45) is 2.04. The fourth-order valence-electron chi connectivity index (χ4n) is 1.72. The van der Waals surface area contributed by atoms with Gasteiger partial charge in [0.25, 0.3) is 5.91 Å². The predicted molar refractivity (Wildman–Crippen MR) is 65.1 cm³/mol. The van der Waals surface area contributed by atoms with Crippen molar-refractivity contribution in [3.05, 3.63) is 33.8 Å². The third-order valence-electron chi connectivity index (χ3n) is 2.66. The van der Waals surface area contributed by atoms with Crippen molar-refractivity contribution in [2.75, 3.05) is 13.2 Å². The molecule has 2 rings (SSSR count). The van der Waals surface area contributed by atoms with Gasteiger partial charge in [-0.3, -0.25) is 9.63 Å². The van der Waals surface area contributed by atoms with Crippen LogP contribution in [0.25, 0.3) is 0 Å². The van der Waals surface area contributed by atoms with Crippen LogP contribution in [0.5, 0.6) is 0 Å². The number of amides is 1. The summed E-state index contributed by atoms with van der Waals surface area (Å²) in [6.45, 7) is 3.26. The van der Waals surface area contributed by atoms with Gasteiger partial charge >= 0.3 is 0 Å². The molecule has 1 aliphatic heterocycles. The summed E-state index contributed by atoms with van der Waals surface area (Å²) in [6, 6.07) is 5.71. The quantitative estimate of drug-likeness (QED) is 0.793. The first-order valence-electron chi connectivity index (χ1n) is 5.39. The number of hydroxylamine groups is 2. The number of hydrogen-bond donors (Lipinski definition) is 0. The third kappa shape index (κ3) is 2.44. The Morgan fingerprint density at radius 2 is 2.25 bits per heavy atom. The minimum absolute atomic E-state index is 0.0431. The highest BCUT2D eigenvalue weighted by molar-refractivity contribution is 9.10. The molecule has 1 fully saturated rings. The number of hydrogen-bond acceptors (Lipinski definition) is 2. The maximum absolute atomic E-state index is 12.2. The topological polar surface area (TPSA) is 29.5 Å². The Morgan fingerprint density at radius 1 is 1.44 bits per heavy atom. The summed E-state index contributed by atoms with van der Waals surface area (Å²) in [5, 5.41) is 1.47. The van der Waals surface area contributed by atoms with Crippen LogP contribution in [-0.2, 0) is 4.84 Å². The van der Waals surface area contributed by atoms with Gasteiger partial charge in [0.15, 0.2) is 0 Å². The molecule has 0 spiro atoms. The van der Waals surface area contributed by atoms with Gasteiger partial charge in [0, 0.05) is 16.6 Å². The van der Waals surface area contributed by atoms with Crippen LogP contribution in [0.1, 0.15) is 28.8 Å². The van der Waals surface area contributed by atoms with Crippen molar-refractivity contribution >= 4 is 21.8 Å². The van der Waals surface area contributed by atoms with E-state index in [1.165, 1.54) is 5.06 Å². The second-order valence-electron chi connectivity index (χ2n) is 3.91. The average molecular weight is 284 g/mol. The monoisotopic (exact) mass is 283 g/mol. The molecule has 0 aliphatic carbocycles. The van der Waals surface area contributed by atoms with Crippen molar-refractivity contribution in [3.8, 4) is 0 Å². The molecule has 1 amide bonds. The summed E-state index contributed by atoms with van der Waals surface area (Å²) in [7, 11) is 0. The molecule has 1 heterocycles. The summed E-state index contributed by atoms with van der Waals surface area (Å²) < 4.78 is 0.915. The maximum atomic E-state index is 12.2. The average Bonchev–Trinajstić information content (AvgIpc) is 2.32. The van der Waals surface area contributed by atoms with Gasteiger partial charge in [-0.1, -0.05) is 22.0 Å². The molecule has 0 atom stereocenters. The lowest BCUT2D eigenvalue weighted by atomic mass is 10.1. The van der Waals surface area contributed by atoms with Crippen molar-refractivity contribution in [2.24, 2.45) is 0 Å². The van der Waals surface area contributed by atoms with Crippen LogP contribution >= 0.6 is 15.9 Å². The number of rotatable bonds is 1. The van der Waals surface area contributed by atoms with E-state index in [2.05, 4.69) is 15.9 Å². The normalized spacial score (nSPS) is 16.2. The van der Waals surface area contributed by atoms with Crippen LogP contribution in [0.3, 0.4) is 0 Å². The van der Waals surface area contributed by atoms with Gasteiger partial charge in [-0.05, 0) is 37.5 Å². The van der Waals surface area contributed by atoms with E-state index in [-0.39, 0.29) is 5.91 Å². The van der Waals surface area contributed by atoms with Crippen LogP contribution in [0, 0.1) is 6.92 Å². The molecular weight excluding hydrogens is 270 g/mol. The second kappa shape index (κ2) is 4.97. The highest BCUT2D eigenvalue weighted by atomic mass is 79.9. The van der Waals surface area contributed by atoms with E-state index >= 15 is 0 Å². The van der Waals surface area contributed by atoms with Crippen molar-refractivity contribution in [3.63, 3.8) is 0 Å². The molecule has 0 saturated carbocycles. The van der Waals surface area contributed by atoms with Gasteiger partial charge < -0.3 is 0 Å². The van der Waals surface area contributed by atoms with E-state index in [1.54, 1.807) is 0 Å². The Bertz CT molecular complexity index is 400. The molecule has 0 bridgehead atoms. The van der Waals surface area contributed by atoms with Gasteiger partial charge in [0.2, 0.25) is 0 Å². The molecule has 3 nitrogen and oxygen atoms in total. The first-order chi connectivity index (χ1) is 7.68. The fraction of sp³-hybridized carbons (Fsp3) is 0.417. The lowest BCUT2D eigenvalue weighted by molar-refractivity contribution is -0.144. The van der Waals surface area contributed by atoms with Gasteiger partial charge in [-0.15, -0.1) is 0 Å². The van der Waals surface area contributed by atoms with Crippen molar-refractivity contribution in [1.82, 2.24) is 5.06 Å². The smallest absolute Gasteiger partial charge is 0.271 e. The standard InChI is InChI=1S/C12H14BrNO2/c1-9-4-5-10(13)8-11(9)12(15)14-6-2-3-7-16-14/h4-5,8H,2-3,6-7H2,1H3. The van der Waals surface area contributed by atoms with E-state index in [0.717, 1.165) is 22.9 Å². The molecule has 1 saturated heterocycles. The molecule has 86 valence electrons. The predicted octanol–water partition coefficient (Wildman–Crippen LogP) is 2.93. The zero-order valence-electron chi connectivity index (χ0n) is 9.20. The van der Waals surface area contributed by atoms with Crippen molar-refractivity contribution in [1.29, 1.82) is 0 Å². The van der Waals surface area contributed by atoms with Gasteiger partial charge in [0.1, 0.15) is 0 Å². The van der Waals surface area contributed by atoms with E-state index in [4.69, 9.17) is 4.84 Å². The zero-order valence-corrected chi connectivity index (χ0v) is 10.8. The molecule has 0 radical (unpaired) electrons. The van der Waals surface area contributed by atoms with Crippen LogP contribution in [-0.4, -0.2) is 24.1 Å². The van der Waals surface area contributed by atoms with E-state index in [1.807, 2.05) is 25.1 Å². The molecule has 0 aromatic heterocycles. The van der Waals surface area contributed by atoms with Gasteiger partial charge in [0.05, 0.1) is 6.61 Å². The summed E-state index contributed by atoms with van der Waals surface area (Å²) in [5.74, 6) is -0.0431. The minimum atomic E-state index is -0.0431. The minimum Gasteiger partial charge on any atom is -0.271 e. The molecule has 0 N–H and O–H groups in total. The molecule has 1 aromatic rings. The van der Waals surface area contributed by atoms with Crippen molar-refractivity contribution in [2.45, 2.75) is 19.8 Å². The fourth-order valence-corrected chi connectivity index (χ4v) is 2.08. The Labute approximate surface area is 103 Å². The number of carbonyl (C=O) groups excluding carboxylic acids is 1. The number of carbonyl (C=O) groups is 1. The van der Waals surface area contributed by atoms with Crippen LogP contribution in [0.4, 0.5) is 0 Å². The molecular formula is C12H14BrNO2. The number of benzene rings is 1. The molecule has 4 heteroatoms. The lowest BCUT2D eigenvalue weighted by Crippen LogP contribution is -2.36. The Morgan fingerprint density at radius 3 is 2.94 bits per heavy atom. The number of aryl methyl sites for hydroxylation is 1. The van der Waals surface area contributed by atoms with E-state index in [0.29, 0.717) is 18.7 Å². The Hall–Kier alpha value is -0.870. The second-order valence-corrected chi connectivity index (χ2v) is 4.82. The molecule has 1 aliphatic rings. The van der Waals surface area contributed by atoms with Crippen molar-refractivity contribution < 1.29 is 9.63 Å². The Kier molecular flexibility index (Phi) is 3.61. The van der Waals surface area contributed by atoms with Crippen LogP contribution < -0.4 is 0 Å². The van der Waals surface area contributed by atoms with Crippen LogP contribution in [0.15, 0.2) is 22.7 Å². The van der Waals surface area contributed by atoms with Gasteiger partial charge in [-0.2, -0.15) is 0 Å². The van der Waals surface area contributed by atoms with E-state index in [9.17, 15) is 4.79 Å². The highest BCUT2D eigenvalue weighted by Gasteiger charge is 2.20. The summed E-state index contributed by atoms with van der Waals surface area (Å²) >= 11 is 3.38. The van der Waals surface area contributed by atoms with Gasteiger partial charge in [-0.25, -0.2) is 5.06 Å². The lowest BCUT2D eigenvalue weighted by Gasteiger charge is -2.26. The Balaban J connectivity index is 2.22. The van der Waals surface area contributed by atoms with Crippen LogP contribution in [0.2, 0.25) is 0 Å². The highest BCUT2D eigenvalue weighted by Crippen LogP contribution is 2.19.